The molecule has 1 aromatic carbocycles. The fraction of sp³-hybridized carbons (Fsp3) is 0.571. The maximum absolute atomic E-state index is 3.38. The summed E-state index contributed by atoms with van der Waals surface area (Å²) in [7, 11) is 0. The fourth-order valence-corrected chi connectivity index (χ4v) is 2.87. The fourth-order valence-electron chi connectivity index (χ4n) is 1.96. The van der Waals surface area contributed by atoms with Gasteiger partial charge in [-0.05, 0) is 23.6 Å². The molecule has 0 saturated carbocycles. The van der Waals surface area contributed by atoms with E-state index in [1.807, 2.05) is 11.8 Å². The van der Waals surface area contributed by atoms with E-state index in [4.69, 9.17) is 0 Å². The largest absolute Gasteiger partial charge is 0.314 e. The summed E-state index contributed by atoms with van der Waals surface area (Å²) in [6.45, 7) is 9.10. The molecule has 2 rings (SSSR count). The Morgan fingerprint density at radius 2 is 1.82 bits per heavy atom. The van der Waals surface area contributed by atoms with Crippen LogP contribution in [0.5, 0.6) is 0 Å². The highest BCUT2D eigenvalue weighted by Gasteiger charge is 2.09. The Hall–Kier alpha value is -0.510. The quantitative estimate of drug-likeness (QED) is 0.827. The number of nitrogens with one attached hydrogen (secondary N) is 1. The van der Waals surface area contributed by atoms with Gasteiger partial charge in [-0.1, -0.05) is 26.0 Å². The van der Waals surface area contributed by atoms with Crippen LogP contribution in [0.25, 0.3) is 0 Å². The molecule has 0 spiro atoms. The van der Waals surface area contributed by atoms with E-state index in [0.717, 1.165) is 19.0 Å². The molecular formula is C14H22N2S. The van der Waals surface area contributed by atoms with E-state index >= 15 is 0 Å². The van der Waals surface area contributed by atoms with Gasteiger partial charge in [-0.3, -0.25) is 4.90 Å². The predicted octanol–water partition coefficient (Wildman–Crippen LogP) is 2.76. The molecule has 0 atom stereocenters. The van der Waals surface area contributed by atoms with Crippen LogP contribution < -0.4 is 5.32 Å². The van der Waals surface area contributed by atoms with Gasteiger partial charge in [-0.2, -0.15) is 0 Å². The van der Waals surface area contributed by atoms with Crippen LogP contribution in [0.15, 0.2) is 29.2 Å². The molecule has 1 N–H and O–H groups in total. The molecule has 1 aliphatic heterocycles. The zero-order chi connectivity index (χ0) is 12.1. The second kappa shape index (κ2) is 6.43. The van der Waals surface area contributed by atoms with Gasteiger partial charge in [0.25, 0.3) is 0 Å². The van der Waals surface area contributed by atoms with Gasteiger partial charge >= 0.3 is 0 Å². The molecule has 0 amide bonds. The van der Waals surface area contributed by atoms with Gasteiger partial charge < -0.3 is 5.32 Å². The highest BCUT2D eigenvalue weighted by Crippen LogP contribution is 2.22. The molecule has 0 aliphatic carbocycles. The summed E-state index contributed by atoms with van der Waals surface area (Å²) >= 11 is 1.95. The summed E-state index contributed by atoms with van der Waals surface area (Å²) in [5, 5.41) is 3.38. The van der Waals surface area contributed by atoms with Gasteiger partial charge in [0.2, 0.25) is 0 Å². The van der Waals surface area contributed by atoms with Crippen LogP contribution in [0, 0.1) is 0 Å². The Labute approximate surface area is 109 Å². The molecule has 1 aliphatic rings. The van der Waals surface area contributed by atoms with E-state index in [2.05, 4.69) is 48.3 Å². The Morgan fingerprint density at radius 1 is 1.18 bits per heavy atom. The number of thioether (sulfide) groups is 1. The van der Waals surface area contributed by atoms with E-state index in [1.165, 1.54) is 23.5 Å². The van der Waals surface area contributed by atoms with E-state index < -0.39 is 0 Å². The van der Waals surface area contributed by atoms with Crippen molar-refractivity contribution in [3.63, 3.8) is 0 Å². The molecule has 1 fully saturated rings. The molecule has 1 saturated heterocycles. The first-order chi connectivity index (χ1) is 8.25. The normalized spacial score (nSPS) is 17.6. The van der Waals surface area contributed by atoms with Crippen molar-refractivity contribution in [3.05, 3.63) is 29.8 Å². The third-order valence-electron chi connectivity index (χ3n) is 3.17. The minimum Gasteiger partial charge on any atom is -0.314 e. The van der Waals surface area contributed by atoms with Crippen LogP contribution in [-0.4, -0.2) is 37.0 Å². The summed E-state index contributed by atoms with van der Waals surface area (Å²) in [6, 6.07) is 9.01. The Morgan fingerprint density at radius 3 is 2.41 bits per heavy atom. The summed E-state index contributed by atoms with van der Waals surface area (Å²) < 4.78 is 0. The van der Waals surface area contributed by atoms with Crippen molar-refractivity contribution >= 4 is 11.8 Å². The van der Waals surface area contributed by atoms with Crippen LogP contribution in [0.3, 0.4) is 0 Å². The van der Waals surface area contributed by atoms with Crippen molar-refractivity contribution in [1.82, 2.24) is 10.2 Å². The highest BCUT2D eigenvalue weighted by atomic mass is 32.2. The summed E-state index contributed by atoms with van der Waals surface area (Å²) in [4.78, 5) is 3.89. The Bertz CT molecular complexity index is 329. The van der Waals surface area contributed by atoms with Crippen LogP contribution >= 0.6 is 11.8 Å². The third kappa shape index (κ3) is 4.02. The monoisotopic (exact) mass is 250 g/mol. The van der Waals surface area contributed by atoms with E-state index in [0.29, 0.717) is 5.92 Å². The number of nitrogens with zero attached hydrogens (tertiary/aromatic N) is 1. The highest BCUT2D eigenvalue weighted by molar-refractivity contribution is 7.99. The first-order valence-electron chi connectivity index (χ1n) is 6.41. The third-order valence-corrected chi connectivity index (χ3v) is 4.27. The second-order valence-corrected chi connectivity index (χ2v) is 5.88. The minimum atomic E-state index is 0.627. The van der Waals surface area contributed by atoms with E-state index in [9.17, 15) is 0 Å². The van der Waals surface area contributed by atoms with Crippen LogP contribution in [0.2, 0.25) is 0 Å². The first kappa shape index (κ1) is 12.9. The second-order valence-electron chi connectivity index (χ2n) is 4.87. The molecule has 3 heteroatoms. The smallest absolute Gasteiger partial charge is 0.0492 e. The number of piperazine rings is 1. The van der Waals surface area contributed by atoms with Crippen molar-refractivity contribution in [2.45, 2.75) is 24.7 Å². The molecule has 1 aromatic rings. The summed E-state index contributed by atoms with van der Waals surface area (Å²) in [5.41, 5.74) is 1.43. The zero-order valence-electron chi connectivity index (χ0n) is 10.8. The van der Waals surface area contributed by atoms with Crippen molar-refractivity contribution < 1.29 is 0 Å². The molecule has 2 nitrogen and oxygen atoms in total. The molecular weight excluding hydrogens is 228 g/mol. The van der Waals surface area contributed by atoms with Gasteiger partial charge in [-0.25, -0.2) is 0 Å². The molecule has 0 bridgehead atoms. The lowest BCUT2D eigenvalue weighted by Crippen LogP contribution is -2.43. The molecule has 17 heavy (non-hydrogen) atoms. The number of hydrogen-bond acceptors (Lipinski definition) is 3. The molecule has 1 heterocycles. The summed E-state index contributed by atoms with van der Waals surface area (Å²) in [5.74, 6) is 1.74. The topological polar surface area (TPSA) is 15.3 Å². The average molecular weight is 250 g/mol. The van der Waals surface area contributed by atoms with E-state index in [1.54, 1.807) is 0 Å². The maximum Gasteiger partial charge on any atom is 0.0492 e. The van der Waals surface area contributed by atoms with Gasteiger partial charge in [-0.15, -0.1) is 11.8 Å². The van der Waals surface area contributed by atoms with Gasteiger partial charge in [0.1, 0.15) is 0 Å². The van der Waals surface area contributed by atoms with Crippen LogP contribution in [0.4, 0.5) is 0 Å². The van der Waals surface area contributed by atoms with Crippen molar-refractivity contribution in [1.29, 1.82) is 0 Å². The molecule has 0 unspecified atom stereocenters. The number of rotatable bonds is 4. The van der Waals surface area contributed by atoms with Crippen molar-refractivity contribution in [2.75, 3.05) is 32.1 Å². The number of hydrogen-bond donors (Lipinski definition) is 1. The maximum atomic E-state index is 3.38. The lowest BCUT2D eigenvalue weighted by atomic mass is 10.0. The Balaban J connectivity index is 1.82. The predicted molar refractivity (Wildman–Crippen MR) is 75.7 cm³/mol. The standard InChI is InChI=1S/C14H22N2S/c1-12(2)13-3-5-14(6-4-13)17-11-16-9-7-15-8-10-16/h3-6,12,15H,7-11H2,1-2H3. The van der Waals surface area contributed by atoms with Gasteiger partial charge in [0.05, 0.1) is 0 Å². The zero-order valence-corrected chi connectivity index (χ0v) is 11.6. The lowest BCUT2D eigenvalue weighted by Gasteiger charge is -2.26. The van der Waals surface area contributed by atoms with Crippen LogP contribution in [-0.2, 0) is 0 Å². The lowest BCUT2D eigenvalue weighted by molar-refractivity contribution is 0.280. The van der Waals surface area contributed by atoms with Crippen molar-refractivity contribution in [2.24, 2.45) is 0 Å². The van der Waals surface area contributed by atoms with Gasteiger partial charge in [0, 0.05) is 37.0 Å². The summed E-state index contributed by atoms with van der Waals surface area (Å²) in [6.07, 6.45) is 0. The van der Waals surface area contributed by atoms with E-state index in [-0.39, 0.29) is 0 Å². The number of benzene rings is 1. The SMILES string of the molecule is CC(C)c1ccc(SCN2CCNCC2)cc1. The van der Waals surface area contributed by atoms with Gasteiger partial charge in [0.15, 0.2) is 0 Å². The van der Waals surface area contributed by atoms with Crippen LogP contribution in [0.1, 0.15) is 25.3 Å². The Kier molecular flexibility index (Phi) is 4.89. The molecule has 94 valence electrons. The molecule has 0 aromatic heterocycles. The minimum absolute atomic E-state index is 0.627. The first-order valence-corrected chi connectivity index (χ1v) is 7.40. The average Bonchev–Trinajstić information content (AvgIpc) is 2.38. The van der Waals surface area contributed by atoms with Crippen molar-refractivity contribution in [3.8, 4) is 0 Å². The molecule has 0 radical (unpaired) electrons.